The summed E-state index contributed by atoms with van der Waals surface area (Å²) >= 11 is 0. The number of nitrogens with one attached hydrogen (secondary N) is 1. The second kappa shape index (κ2) is 5.65. The Balaban J connectivity index is 2.06. The number of benzene rings is 1. The topological polar surface area (TPSA) is 71.3 Å². The summed E-state index contributed by atoms with van der Waals surface area (Å²) in [5.41, 5.74) is 1.13. The number of non-ortho nitro benzene ring substituents is 1. The standard InChI is InChI=1S/C15H18N4O2/c1-18(11-3-2-7-16-9-11)14-4-5-15(19(20)21)12-6-8-17-10-13(12)14/h4-6,8,10-11,16H,2-3,7,9H2,1H3. The van der Waals surface area contributed by atoms with Crippen LogP contribution in [-0.2, 0) is 0 Å². The van der Waals surface area contributed by atoms with Crippen LogP contribution < -0.4 is 10.2 Å². The molecule has 0 radical (unpaired) electrons. The third-order valence-electron chi connectivity index (χ3n) is 4.17. The zero-order chi connectivity index (χ0) is 14.8. The minimum Gasteiger partial charge on any atom is -0.370 e. The Bertz CT molecular complexity index is 668. The molecule has 1 saturated heterocycles. The molecule has 0 saturated carbocycles. The van der Waals surface area contributed by atoms with E-state index in [-0.39, 0.29) is 10.6 Å². The Morgan fingerprint density at radius 2 is 2.24 bits per heavy atom. The zero-order valence-corrected chi connectivity index (χ0v) is 12.0. The van der Waals surface area contributed by atoms with Crippen molar-refractivity contribution in [3.63, 3.8) is 0 Å². The SMILES string of the molecule is CN(c1ccc([N+](=O)[O-])c2ccncc12)C1CCCNC1. The van der Waals surface area contributed by atoms with E-state index in [2.05, 4.69) is 15.2 Å². The number of hydrogen-bond donors (Lipinski definition) is 1. The maximum absolute atomic E-state index is 11.2. The van der Waals surface area contributed by atoms with E-state index in [9.17, 15) is 10.1 Å². The van der Waals surface area contributed by atoms with Crippen LogP contribution in [0.15, 0.2) is 30.6 Å². The van der Waals surface area contributed by atoms with Crippen LogP contribution in [0.5, 0.6) is 0 Å². The van der Waals surface area contributed by atoms with E-state index in [4.69, 9.17) is 0 Å². The number of fused-ring (bicyclic) bond motifs is 1. The second-order valence-corrected chi connectivity index (χ2v) is 5.39. The molecule has 1 atom stereocenters. The van der Waals surface area contributed by atoms with Crippen molar-refractivity contribution in [1.29, 1.82) is 0 Å². The Morgan fingerprint density at radius 1 is 1.38 bits per heavy atom. The number of hydrogen-bond acceptors (Lipinski definition) is 5. The molecule has 3 rings (SSSR count). The van der Waals surface area contributed by atoms with Crippen LogP contribution >= 0.6 is 0 Å². The molecule has 1 fully saturated rings. The van der Waals surface area contributed by atoms with E-state index >= 15 is 0 Å². The normalized spacial score (nSPS) is 18.6. The highest BCUT2D eigenvalue weighted by atomic mass is 16.6. The van der Waals surface area contributed by atoms with Crippen LogP contribution in [0.2, 0.25) is 0 Å². The van der Waals surface area contributed by atoms with Gasteiger partial charge in [0.05, 0.1) is 10.3 Å². The van der Waals surface area contributed by atoms with Crippen LogP contribution in [0.1, 0.15) is 12.8 Å². The number of likely N-dealkylation sites (N-methyl/N-ethyl adjacent to an activating group) is 1. The van der Waals surface area contributed by atoms with Crippen molar-refractivity contribution in [2.24, 2.45) is 0 Å². The van der Waals surface area contributed by atoms with Gasteiger partial charge in [-0.25, -0.2) is 0 Å². The maximum atomic E-state index is 11.2. The first-order chi connectivity index (χ1) is 10.2. The van der Waals surface area contributed by atoms with Crippen molar-refractivity contribution in [3.8, 4) is 0 Å². The molecular formula is C15H18N4O2. The Labute approximate surface area is 122 Å². The molecule has 0 aliphatic carbocycles. The number of aromatic nitrogens is 1. The van der Waals surface area contributed by atoms with Crippen molar-refractivity contribution < 1.29 is 4.92 Å². The molecule has 1 aliphatic rings. The first-order valence-electron chi connectivity index (χ1n) is 7.13. The van der Waals surface area contributed by atoms with E-state index < -0.39 is 0 Å². The third-order valence-corrected chi connectivity index (χ3v) is 4.17. The first-order valence-corrected chi connectivity index (χ1v) is 7.13. The van der Waals surface area contributed by atoms with E-state index in [1.807, 2.05) is 13.1 Å². The molecule has 1 N–H and O–H groups in total. The zero-order valence-electron chi connectivity index (χ0n) is 12.0. The minimum absolute atomic E-state index is 0.131. The van der Waals surface area contributed by atoms with Gasteiger partial charge in [0.1, 0.15) is 0 Å². The predicted octanol–water partition coefficient (Wildman–Crippen LogP) is 2.33. The fraction of sp³-hybridized carbons (Fsp3) is 0.400. The van der Waals surface area contributed by atoms with E-state index in [1.165, 1.54) is 0 Å². The smallest absolute Gasteiger partial charge is 0.277 e. The molecule has 110 valence electrons. The number of nitro benzene ring substituents is 1. The van der Waals surface area contributed by atoms with Gasteiger partial charge in [-0.15, -0.1) is 0 Å². The van der Waals surface area contributed by atoms with Crippen molar-refractivity contribution in [2.75, 3.05) is 25.0 Å². The van der Waals surface area contributed by atoms with Gasteiger partial charge >= 0.3 is 0 Å². The molecule has 6 nitrogen and oxygen atoms in total. The van der Waals surface area contributed by atoms with E-state index in [1.54, 1.807) is 24.5 Å². The molecule has 6 heteroatoms. The van der Waals surface area contributed by atoms with Gasteiger partial charge in [-0.1, -0.05) is 0 Å². The molecule has 0 bridgehead atoms. The fourth-order valence-electron chi connectivity index (χ4n) is 2.99. The number of nitro groups is 1. The average molecular weight is 286 g/mol. The Morgan fingerprint density at radius 3 is 2.95 bits per heavy atom. The summed E-state index contributed by atoms with van der Waals surface area (Å²) in [5, 5.41) is 16.0. The quantitative estimate of drug-likeness (QED) is 0.692. The minimum atomic E-state index is -0.339. The largest absolute Gasteiger partial charge is 0.370 e. The number of anilines is 1. The summed E-state index contributed by atoms with van der Waals surface area (Å²) in [6.45, 7) is 2.00. The molecule has 1 aromatic heterocycles. The fourth-order valence-corrected chi connectivity index (χ4v) is 2.99. The Hall–Kier alpha value is -2.21. The highest BCUT2D eigenvalue weighted by molar-refractivity contribution is 5.99. The van der Waals surface area contributed by atoms with Gasteiger partial charge in [0.25, 0.3) is 5.69 Å². The van der Waals surface area contributed by atoms with Crippen molar-refractivity contribution in [2.45, 2.75) is 18.9 Å². The summed E-state index contributed by atoms with van der Waals surface area (Å²) in [6.07, 6.45) is 5.59. The highest BCUT2D eigenvalue weighted by Crippen LogP contribution is 2.33. The summed E-state index contributed by atoms with van der Waals surface area (Å²) in [4.78, 5) is 17.2. The van der Waals surface area contributed by atoms with Crippen LogP contribution in [0.3, 0.4) is 0 Å². The summed E-state index contributed by atoms with van der Waals surface area (Å²) in [5.74, 6) is 0. The Kier molecular flexibility index (Phi) is 3.70. The van der Waals surface area contributed by atoms with Crippen LogP contribution in [0.4, 0.5) is 11.4 Å². The molecule has 21 heavy (non-hydrogen) atoms. The summed E-state index contributed by atoms with van der Waals surface area (Å²) in [7, 11) is 2.05. The molecular weight excluding hydrogens is 268 g/mol. The molecule has 0 amide bonds. The highest BCUT2D eigenvalue weighted by Gasteiger charge is 2.22. The number of rotatable bonds is 3. The molecule has 2 heterocycles. The number of piperidine rings is 1. The van der Waals surface area contributed by atoms with Crippen molar-refractivity contribution in [3.05, 3.63) is 40.7 Å². The predicted molar refractivity (Wildman–Crippen MR) is 82.7 cm³/mol. The lowest BCUT2D eigenvalue weighted by molar-refractivity contribution is -0.383. The van der Waals surface area contributed by atoms with E-state index in [0.29, 0.717) is 11.4 Å². The molecule has 2 aromatic rings. The lowest BCUT2D eigenvalue weighted by atomic mass is 10.0. The van der Waals surface area contributed by atoms with E-state index in [0.717, 1.165) is 37.0 Å². The van der Waals surface area contributed by atoms with Crippen LogP contribution in [0.25, 0.3) is 10.8 Å². The number of nitrogens with zero attached hydrogens (tertiary/aromatic N) is 3. The van der Waals surface area contributed by atoms with Gasteiger partial charge in [0.15, 0.2) is 0 Å². The number of pyridine rings is 1. The lowest BCUT2D eigenvalue weighted by Gasteiger charge is -2.34. The first kappa shape index (κ1) is 13.8. The van der Waals surface area contributed by atoms with Gasteiger partial charge in [-0.3, -0.25) is 15.1 Å². The van der Waals surface area contributed by atoms with Crippen LogP contribution in [-0.4, -0.2) is 36.1 Å². The maximum Gasteiger partial charge on any atom is 0.277 e. The third kappa shape index (κ3) is 2.54. The monoisotopic (exact) mass is 286 g/mol. The second-order valence-electron chi connectivity index (χ2n) is 5.39. The summed E-state index contributed by atoms with van der Waals surface area (Å²) < 4.78 is 0. The van der Waals surface area contributed by atoms with Crippen LogP contribution in [0, 0.1) is 10.1 Å². The lowest BCUT2D eigenvalue weighted by Crippen LogP contribution is -2.44. The van der Waals surface area contributed by atoms with Crippen molar-refractivity contribution in [1.82, 2.24) is 10.3 Å². The van der Waals surface area contributed by atoms with Gasteiger partial charge in [0.2, 0.25) is 0 Å². The molecule has 1 unspecified atom stereocenters. The van der Waals surface area contributed by atoms with Gasteiger partial charge in [-0.05, 0) is 31.5 Å². The average Bonchev–Trinajstić information content (AvgIpc) is 2.54. The molecule has 1 aliphatic heterocycles. The van der Waals surface area contributed by atoms with Gasteiger partial charge < -0.3 is 10.2 Å². The molecule has 0 spiro atoms. The summed E-state index contributed by atoms with van der Waals surface area (Å²) in [6, 6.07) is 5.54. The molecule has 1 aromatic carbocycles. The van der Waals surface area contributed by atoms with Gasteiger partial charge in [0, 0.05) is 49.2 Å². The van der Waals surface area contributed by atoms with Crippen molar-refractivity contribution >= 4 is 22.1 Å². The van der Waals surface area contributed by atoms with Gasteiger partial charge in [-0.2, -0.15) is 0 Å².